The van der Waals surface area contributed by atoms with Gasteiger partial charge in [-0.1, -0.05) is 42.1 Å². The molecule has 0 saturated carbocycles. The van der Waals surface area contributed by atoms with Gasteiger partial charge in [-0.25, -0.2) is 0 Å². The van der Waals surface area contributed by atoms with E-state index in [0.29, 0.717) is 11.6 Å². The molecule has 1 aliphatic heterocycles. The molecule has 128 valence electrons. The van der Waals surface area contributed by atoms with Crippen LogP contribution in [-0.4, -0.2) is 29.1 Å². The van der Waals surface area contributed by atoms with Gasteiger partial charge in [0.25, 0.3) is 0 Å². The van der Waals surface area contributed by atoms with E-state index in [1.54, 1.807) is 7.11 Å². The molecule has 3 rings (SSSR count). The molecule has 1 saturated heterocycles. The minimum atomic E-state index is -0.169. The number of nitrogens with zero attached hydrogens (tertiary/aromatic N) is 2. The first-order valence-corrected chi connectivity index (χ1v) is 8.82. The minimum absolute atomic E-state index is 0.0232. The van der Waals surface area contributed by atoms with Crippen LogP contribution in [0, 0.1) is 0 Å². The summed E-state index contributed by atoms with van der Waals surface area (Å²) in [6.45, 7) is 1.88. The Balaban J connectivity index is 1.66. The third kappa shape index (κ3) is 4.48. The number of benzene rings is 2. The van der Waals surface area contributed by atoms with Gasteiger partial charge in [-0.3, -0.25) is 4.79 Å². The van der Waals surface area contributed by atoms with Crippen LogP contribution in [0.5, 0.6) is 5.75 Å². The summed E-state index contributed by atoms with van der Waals surface area (Å²) in [6.07, 6.45) is 0.678. The Hall–Kier alpha value is -2.60. The summed E-state index contributed by atoms with van der Waals surface area (Å²) in [5, 5.41) is 11.6. The standard InChI is InChI=1S/C19H19N3O2S/c1-13(15-8-10-16(24-2)11-9-15)21-22-19-20-18(23)17(25-19)12-14-6-4-3-5-7-14/h3-11,17H,12H2,1-2H3,(H,20,22,23)/b21-13+/t17-/m1/s1. The Morgan fingerprint density at radius 3 is 2.56 bits per heavy atom. The molecule has 0 aromatic heterocycles. The molecule has 0 aliphatic carbocycles. The number of methoxy groups -OCH3 is 1. The summed E-state index contributed by atoms with van der Waals surface area (Å²) in [5.74, 6) is 0.773. The molecule has 1 amide bonds. The number of ether oxygens (including phenoxy) is 1. The smallest absolute Gasteiger partial charge is 0.239 e. The molecule has 1 heterocycles. The van der Waals surface area contributed by atoms with Gasteiger partial charge in [-0.2, -0.15) is 5.10 Å². The normalized spacial score (nSPS) is 19.1. The van der Waals surface area contributed by atoms with E-state index in [-0.39, 0.29) is 11.2 Å². The number of hydrogen-bond donors (Lipinski definition) is 1. The number of hydrogen-bond acceptors (Lipinski definition) is 5. The van der Waals surface area contributed by atoms with E-state index in [1.165, 1.54) is 11.8 Å². The number of carbonyl (C=O) groups is 1. The highest BCUT2D eigenvalue weighted by Crippen LogP contribution is 2.23. The van der Waals surface area contributed by atoms with Crippen molar-refractivity contribution in [2.24, 2.45) is 10.2 Å². The van der Waals surface area contributed by atoms with E-state index >= 15 is 0 Å². The first-order chi connectivity index (χ1) is 12.2. The molecule has 0 spiro atoms. The third-order valence-corrected chi connectivity index (χ3v) is 4.91. The Morgan fingerprint density at radius 1 is 1.16 bits per heavy atom. The molecule has 1 aliphatic rings. The lowest BCUT2D eigenvalue weighted by Gasteiger charge is -2.04. The maximum Gasteiger partial charge on any atom is 0.239 e. The first kappa shape index (κ1) is 17.2. The number of carbonyl (C=O) groups excluding carboxylic acids is 1. The monoisotopic (exact) mass is 353 g/mol. The Morgan fingerprint density at radius 2 is 1.88 bits per heavy atom. The van der Waals surface area contributed by atoms with Crippen molar-refractivity contribution >= 4 is 28.5 Å². The van der Waals surface area contributed by atoms with Crippen LogP contribution in [0.3, 0.4) is 0 Å². The van der Waals surface area contributed by atoms with Gasteiger partial charge in [0.2, 0.25) is 5.91 Å². The van der Waals surface area contributed by atoms with Crippen LogP contribution < -0.4 is 10.1 Å². The summed E-state index contributed by atoms with van der Waals surface area (Å²) < 4.78 is 5.14. The molecule has 1 atom stereocenters. The van der Waals surface area contributed by atoms with Gasteiger partial charge < -0.3 is 10.1 Å². The highest BCUT2D eigenvalue weighted by atomic mass is 32.2. The molecular formula is C19H19N3O2S. The van der Waals surface area contributed by atoms with E-state index in [2.05, 4.69) is 15.5 Å². The fourth-order valence-electron chi connectivity index (χ4n) is 2.43. The van der Waals surface area contributed by atoms with Crippen molar-refractivity contribution in [3.63, 3.8) is 0 Å². The molecular weight excluding hydrogens is 334 g/mol. The van der Waals surface area contributed by atoms with Crippen LogP contribution in [0.2, 0.25) is 0 Å². The van der Waals surface area contributed by atoms with E-state index < -0.39 is 0 Å². The molecule has 2 aromatic carbocycles. The van der Waals surface area contributed by atoms with Crippen molar-refractivity contribution in [1.29, 1.82) is 0 Å². The lowest BCUT2D eigenvalue weighted by atomic mass is 10.1. The summed E-state index contributed by atoms with van der Waals surface area (Å²) >= 11 is 1.42. The zero-order valence-electron chi connectivity index (χ0n) is 14.1. The highest BCUT2D eigenvalue weighted by molar-refractivity contribution is 8.15. The lowest BCUT2D eigenvalue weighted by Crippen LogP contribution is -2.25. The topological polar surface area (TPSA) is 63.1 Å². The number of amidine groups is 1. The van der Waals surface area contributed by atoms with Crippen molar-refractivity contribution < 1.29 is 9.53 Å². The zero-order chi connectivity index (χ0) is 17.6. The highest BCUT2D eigenvalue weighted by Gasteiger charge is 2.30. The van der Waals surface area contributed by atoms with Gasteiger partial charge in [0, 0.05) is 0 Å². The largest absolute Gasteiger partial charge is 0.497 e. The molecule has 25 heavy (non-hydrogen) atoms. The van der Waals surface area contributed by atoms with Gasteiger partial charge in [0.15, 0.2) is 5.17 Å². The van der Waals surface area contributed by atoms with E-state index in [9.17, 15) is 4.79 Å². The van der Waals surface area contributed by atoms with Crippen molar-refractivity contribution in [2.45, 2.75) is 18.6 Å². The minimum Gasteiger partial charge on any atom is -0.497 e. The second kappa shape index (κ2) is 7.98. The maximum atomic E-state index is 12.1. The van der Waals surface area contributed by atoms with E-state index in [1.807, 2.05) is 61.5 Å². The number of nitrogens with one attached hydrogen (secondary N) is 1. The second-order valence-corrected chi connectivity index (χ2v) is 6.80. The third-order valence-electron chi connectivity index (χ3n) is 3.84. The van der Waals surface area contributed by atoms with Crippen LogP contribution in [0.25, 0.3) is 0 Å². The Kier molecular flexibility index (Phi) is 5.50. The molecule has 1 fully saturated rings. The van der Waals surface area contributed by atoms with E-state index in [4.69, 9.17) is 4.74 Å². The molecule has 0 unspecified atom stereocenters. The van der Waals surface area contributed by atoms with Crippen LogP contribution in [-0.2, 0) is 11.2 Å². The summed E-state index contributed by atoms with van der Waals surface area (Å²) in [4.78, 5) is 12.1. The van der Waals surface area contributed by atoms with Crippen LogP contribution in [0.1, 0.15) is 18.1 Å². The SMILES string of the molecule is COc1ccc(/C(C)=N/N=C2\NC(=O)[C@@H](Cc3ccccc3)S2)cc1. The van der Waals surface area contributed by atoms with E-state index in [0.717, 1.165) is 22.6 Å². The second-order valence-electron chi connectivity index (χ2n) is 5.60. The van der Waals surface area contributed by atoms with Gasteiger partial charge in [0.05, 0.1) is 18.1 Å². The lowest BCUT2D eigenvalue weighted by molar-refractivity contribution is -0.118. The van der Waals surface area contributed by atoms with Crippen molar-refractivity contribution in [3.05, 3.63) is 65.7 Å². The summed E-state index contributed by atoms with van der Waals surface area (Å²) in [5.41, 5.74) is 2.87. The fourth-order valence-corrected chi connectivity index (χ4v) is 3.38. The van der Waals surface area contributed by atoms with Gasteiger partial charge in [0.1, 0.15) is 5.75 Å². The van der Waals surface area contributed by atoms with Gasteiger partial charge in [-0.15, -0.1) is 5.10 Å². The van der Waals surface area contributed by atoms with Crippen molar-refractivity contribution in [2.75, 3.05) is 7.11 Å². The predicted octanol–water partition coefficient (Wildman–Crippen LogP) is 3.25. The molecule has 6 heteroatoms. The predicted molar refractivity (Wildman–Crippen MR) is 102 cm³/mol. The summed E-state index contributed by atoms with van der Waals surface area (Å²) in [6, 6.07) is 17.6. The number of rotatable bonds is 5. The first-order valence-electron chi connectivity index (χ1n) is 7.94. The number of thioether (sulfide) groups is 1. The quantitative estimate of drug-likeness (QED) is 0.663. The molecule has 2 aromatic rings. The summed E-state index contributed by atoms with van der Waals surface area (Å²) in [7, 11) is 1.63. The average Bonchev–Trinajstić information content (AvgIpc) is 3.00. The maximum absolute atomic E-state index is 12.1. The number of amides is 1. The van der Waals surface area contributed by atoms with Crippen LogP contribution >= 0.6 is 11.8 Å². The molecule has 0 radical (unpaired) electrons. The van der Waals surface area contributed by atoms with Gasteiger partial charge >= 0.3 is 0 Å². The Bertz CT molecular complexity index is 801. The van der Waals surface area contributed by atoms with Crippen molar-refractivity contribution in [3.8, 4) is 5.75 Å². The van der Waals surface area contributed by atoms with Crippen LogP contribution in [0.4, 0.5) is 0 Å². The van der Waals surface area contributed by atoms with Gasteiger partial charge in [-0.05, 0) is 48.7 Å². The fraction of sp³-hybridized carbons (Fsp3) is 0.211. The zero-order valence-corrected chi connectivity index (χ0v) is 14.9. The average molecular weight is 353 g/mol. The molecule has 1 N–H and O–H groups in total. The van der Waals surface area contributed by atoms with Crippen molar-refractivity contribution in [1.82, 2.24) is 5.32 Å². The Labute approximate surface area is 151 Å². The van der Waals surface area contributed by atoms with Crippen LogP contribution in [0.15, 0.2) is 64.8 Å². The molecule has 0 bridgehead atoms. The molecule has 5 nitrogen and oxygen atoms in total.